The largest absolute Gasteiger partial charge is 0.309 e. The Morgan fingerprint density at radius 1 is 0.280 bits per heavy atom. The van der Waals surface area contributed by atoms with Gasteiger partial charge in [-0.2, -0.15) is 0 Å². The zero-order valence-corrected chi connectivity index (χ0v) is 27.2. The Bertz CT molecular complexity index is 3130. The molecule has 0 spiro atoms. The van der Waals surface area contributed by atoms with Gasteiger partial charge in [0.15, 0.2) is 0 Å². The lowest BCUT2D eigenvalue weighted by atomic mass is 9.95. The number of fused-ring (bicyclic) bond motifs is 12. The van der Waals surface area contributed by atoms with Gasteiger partial charge in [0, 0.05) is 38.3 Å². The van der Waals surface area contributed by atoms with Crippen LogP contribution in [0.5, 0.6) is 0 Å². The van der Waals surface area contributed by atoms with Gasteiger partial charge >= 0.3 is 0 Å². The number of benzene rings is 9. The van der Waals surface area contributed by atoms with Crippen molar-refractivity contribution < 1.29 is 0 Å². The van der Waals surface area contributed by atoms with Gasteiger partial charge in [0.05, 0.1) is 22.1 Å². The van der Waals surface area contributed by atoms with E-state index in [2.05, 4.69) is 191 Å². The third-order valence-corrected chi connectivity index (χ3v) is 10.6. The van der Waals surface area contributed by atoms with Crippen LogP contribution in [0.2, 0.25) is 0 Å². The summed E-state index contributed by atoms with van der Waals surface area (Å²) in [4.78, 5) is 0. The van der Waals surface area contributed by atoms with E-state index in [1.54, 1.807) is 0 Å². The molecule has 0 saturated carbocycles. The van der Waals surface area contributed by atoms with Gasteiger partial charge in [-0.05, 0) is 98.7 Å². The number of rotatable bonds is 3. The normalized spacial score (nSPS) is 12.0. The van der Waals surface area contributed by atoms with Crippen molar-refractivity contribution in [1.29, 1.82) is 0 Å². The van der Waals surface area contributed by atoms with Crippen LogP contribution in [0.4, 0.5) is 0 Å². The third kappa shape index (κ3) is 3.85. The Morgan fingerprint density at radius 3 is 1.44 bits per heavy atom. The Morgan fingerprint density at radius 2 is 0.760 bits per heavy atom. The van der Waals surface area contributed by atoms with Crippen LogP contribution in [-0.4, -0.2) is 9.13 Å². The molecule has 0 aliphatic heterocycles. The standard InChI is InChI=1S/C48H30N2/c1-3-15-35(16-4-1)49-44-25-23-33(28-41(44)42-27-31-13-7-8-14-32(31)30-46(42)49)34-24-26-45-43(29-34)47-39-21-11-9-19-37(39)38-20-10-12-22-40(38)48(47)50(45)36-17-5-2-6-18-36/h1-30H. The Balaban J connectivity index is 1.23. The summed E-state index contributed by atoms with van der Waals surface area (Å²) in [5, 5.41) is 12.7. The highest BCUT2D eigenvalue weighted by Crippen LogP contribution is 2.44. The minimum Gasteiger partial charge on any atom is -0.309 e. The molecule has 11 rings (SSSR count). The number of aromatic nitrogens is 2. The summed E-state index contributed by atoms with van der Waals surface area (Å²) in [6, 6.07) is 66.7. The van der Waals surface area contributed by atoms with Gasteiger partial charge in [-0.1, -0.05) is 121 Å². The monoisotopic (exact) mass is 634 g/mol. The highest BCUT2D eigenvalue weighted by Gasteiger charge is 2.20. The first-order valence-corrected chi connectivity index (χ1v) is 17.3. The number of nitrogens with zero attached hydrogens (tertiary/aromatic N) is 2. The molecule has 0 aliphatic carbocycles. The molecule has 0 fully saturated rings. The molecule has 0 radical (unpaired) electrons. The molecule has 2 aromatic heterocycles. The second kappa shape index (κ2) is 10.4. The number of hydrogen-bond acceptors (Lipinski definition) is 0. The van der Waals surface area contributed by atoms with Crippen molar-refractivity contribution in [1.82, 2.24) is 9.13 Å². The van der Waals surface area contributed by atoms with E-state index in [-0.39, 0.29) is 0 Å². The quantitative estimate of drug-likeness (QED) is 0.171. The summed E-state index contributed by atoms with van der Waals surface area (Å²) in [7, 11) is 0. The predicted octanol–water partition coefficient (Wildman–Crippen LogP) is 13.0. The lowest BCUT2D eigenvalue weighted by Gasteiger charge is -2.12. The van der Waals surface area contributed by atoms with Crippen LogP contribution in [-0.2, 0) is 0 Å². The molecular weight excluding hydrogens is 605 g/mol. The molecule has 50 heavy (non-hydrogen) atoms. The Kier molecular flexibility index (Phi) is 5.70. The van der Waals surface area contributed by atoms with Crippen LogP contribution in [0.1, 0.15) is 0 Å². The van der Waals surface area contributed by atoms with Gasteiger partial charge in [0.2, 0.25) is 0 Å². The minimum atomic E-state index is 1.17. The first kappa shape index (κ1) is 27.3. The zero-order valence-electron chi connectivity index (χ0n) is 27.2. The first-order valence-electron chi connectivity index (χ1n) is 17.3. The maximum Gasteiger partial charge on any atom is 0.0625 e. The van der Waals surface area contributed by atoms with Crippen molar-refractivity contribution in [3.05, 3.63) is 182 Å². The highest BCUT2D eigenvalue weighted by atomic mass is 15.0. The molecule has 9 aromatic carbocycles. The van der Waals surface area contributed by atoms with Crippen molar-refractivity contribution in [2.75, 3.05) is 0 Å². The lowest BCUT2D eigenvalue weighted by molar-refractivity contribution is 1.18. The highest BCUT2D eigenvalue weighted by molar-refractivity contribution is 6.32. The maximum atomic E-state index is 2.46. The number of hydrogen-bond donors (Lipinski definition) is 0. The fraction of sp³-hybridized carbons (Fsp3) is 0. The van der Waals surface area contributed by atoms with Gasteiger partial charge in [0.25, 0.3) is 0 Å². The van der Waals surface area contributed by atoms with E-state index in [0.29, 0.717) is 0 Å². The van der Waals surface area contributed by atoms with Crippen LogP contribution < -0.4 is 0 Å². The summed E-state index contributed by atoms with van der Waals surface area (Å²) in [6.07, 6.45) is 0. The molecule has 2 heterocycles. The molecule has 0 saturated heterocycles. The molecule has 2 nitrogen and oxygen atoms in total. The maximum absolute atomic E-state index is 2.46. The van der Waals surface area contributed by atoms with Crippen molar-refractivity contribution in [2.24, 2.45) is 0 Å². The summed E-state index contributed by atoms with van der Waals surface area (Å²) < 4.78 is 4.87. The molecule has 11 aromatic rings. The van der Waals surface area contributed by atoms with Gasteiger partial charge in [-0.3, -0.25) is 0 Å². The topological polar surface area (TPSA) is 9.86 Å². The van der Waals surface area contributed by atoms with Crippen LogP contribution in [0.3, 0.4) is 0 Å². The molecule has 0 atom stereocenters. The Hall–Kier alpha value is -6.64. The van der Waals surface area contributed by atoms with E-state index in [9.17, 15) is 0 Å². The summed E-state index contributed by atoms with van der Waals surface area (Å²) in [5.41, 5.74) is 9.67. The van der Waals surface area contributed by atoms with Gasteiger partial charge < -0.3 is 9.13 Å². The van der Waals surface area contributed by atoms with E-state index < -0.39 is 0 Å². The average Bonchev–Trinajstić information content (AvgIpc) is 3.70. The first-order chi connectivity index (χ1) is 24.8. The molecule has 0 bridgehead atoms. The molecule has 0 aliphatic rings. The van der Waals surface area contributed by atoms with Crippen LogP contribution in [0.15, 0.2) is 182 Å². The van der Waals surface area contributed by atoms with E-state index in [1.807, 2.05) is 0 Å². The van der Waals surface area contributed by atoms with Crippen LogP contribution >= 0.6 is 0 Å². The van der Waals surface area contributed by atoms with Gasteiger partial charge in [-0.15, -0.1) is 0 Å². The van der Waals surface area contributed by atoms with Crippen molar-refractivity contribution in [3.8, 4) is 22.5 Å². The van der Waals surface area contributed by atoms with E-state index in [1.165, 1.54) is 98.4 Å². The molecular formula is C48H30N2. The predicted molar refractivity (Wildman–Crippen MR) is 213 cm³/mol. The Labute approximate surface area is 288 Å². The van der Waals surface area contributed by atoms with Gasteiger partial charge in [-0.25, -0.2) is 0 Å². The summed E-state index contributed by atoms with van der Waals surface area (Å²) in [5.74, 6) is 0. The molecule has 232 valence electrons. The van der Waals surface area contributed by atoms with Crippen LogP contribution in [0, 0.1) is 0 Å². The SMILES string of the molecule is c1ccc(-n2c3ccc(-c4ccc5c(c4)c4c6ccccc6c6ccccc6c4n5-c4ccccc4)cc3c3cc4ccccc4cc32)cc1. The molecule has 0 unspecified atom stereocenters. The second-order valence-electron chi connectivity index (χ2n) is 13.3. The number of para-hydroxylation sites is 2. The fourth-order valence-corrected chi connectivity index (χ4v) is 8.44. The smallest absolute Gasteiger partial charge is 0.0625 e. The molecule has 0 amide bonds. The third-order valence-electron chi connectivity index (χ3n) is 10.6. The zero-order chi connectivity index (χ0) is 32.8. The van der Waals surface area contributed by atoms with Crippen molar-refractivity contribution >= 4 is 75.9 Å². The van der Waals surface area contributed by atoms with Crippen molar-refractivity contribution in [3.63, 3.8) is 0 Å². The summed E-state index contributed by atoms with van der Waals surface area (Å²) >= 11 is 0. The fourth-order valence-electron chi connectivity index (χ4n) is 8.44. The van der Waals surface area contributed by atoms with Gasteiger partial charge in [0.1, 0.15) is 0 Å². The lowest BCUT2D eigenvalue weighted by Crippen LogP contribution is -1.94. The molecule has 0 N–H and O–H groups in total. The molecule has 2 heteroatoms. The van der Waals surface area contributed by atoms with E-state index >= 15 is 0 Å². The van der Waals surface area contributed by atoms with E-state index in [4.69, 9.17) is 0 Å². The van der Waals surface area contributed by atoms with Crippen molar-refractivity contribution in [2.45, 2.75) is 0 Å². The van der Waals surface area contributed by atoms with Crippen LogP contribution in [0.25, 0.3) is 98.4 Å². The average molecular weight is 635 g/mol. The summed E-state index contributed by atoms with van der Waals surface area (Å²) in [6.45, 7) is 0. The second-order valence-corrected chi connectivity index (χ2v) is 13.3. The van der Waals surface area contributed by atoms with E-state index in [0.717, 1.165) is 0 Å². The minimum absolute atomic E-state index is 1.17.